The Hall–Kier alpha value is -1.32. The summed E-state index contributed by atoms with van der Waals surface area (Å²) in [6.07, 6.45) is 2.28. The van der Waals surface area contributed by atoms with E-state index in [-0.39, 0.29) is 24.3 Å². The summed E-state index contributed by atoms with van der Waals surface area (Å²) in [6.45, 7) is 0.895. The number of Topliss-reactive ketones (excluding diaryl/α,β-unsaturated/α-hetero) is 1. The lowest BCUT2D eigenvalue weighted by Crippen LogP contribution is -2.34. The molecule has 2 aliphatic heterocycles. The summed E-state index contributed by atoms with van der Waals surface area (Å²) in [6, 6.07) is 0. The van der Waals surface area contributed by atoms with Gasteiger partial charge in [-0.3, -0.25) is 9.59 Å². The molecule has 15 heavy (non-hydrogen) atoms. The van der Waals surface area contributed by atoms with Crippen LogP contribution in [-0.4, -0.2) is 25.0 Å². The third-order valence-electron chi connectivity index (χ3n) is 3.37. The predicted octanol–water partition coefficient (Wildman–Crippen LogP) is 0.813. The average Bonchev–Trinajstić information content (AvgIpc) is 2.62. The molecule has 3 aliphatic rings. The monoisotopic (exact) mass is 208 g/mol. The second-order valence-electron chi connectivity index (χ2n) is 4.28. The van der Waals surface area contributed by atoms with Crippen LogP contribution in [0, 0.1) is 11.8 Å². The number of allylic oxidation sites excluding steroid dienone is 1. The van der Waals surface area contributed by atoms with E-state index in [1.165, 1.54) is 0 Å². The number of hydrogen-bond acceptors (Lipinski definition) is 4. The van der Waals surface area contributed by atoms with Gasteiger partial charge in [0, 0.05) is 6.42 Å². The van der Waals surface area contributed by atoms with E-state index in [0.717, 1.165) is 24.2 Å². The fraction of sp³-hybridized carbons (Fsp3) is 0.636. The molecule has 2 atom stereocenters. The highest BCUT2D eigenvalue weighted by Crippen LogP contribution is 2.41. The molecule has 4 heteroatoms. The molecule has 0 aromatic rings. The van der Waals surface area contributed by atoms with E-state index in [2.05, 4.69) is 0 Å². The van der Waals surface area contributed by atoms with Gasteiger partial charge < -0.3 is 9.47 Å². The van der Waals surface area contributed by atoms with Crippen LogP contribution in [0.3, 0.4) is 0 Å². The minimum absolute atomic E-state index is 0.134. The summed E-state index contributed by atoms with van der Waals surface area (Å²) in [4.78, 5) is 23.3. The molecule has 0 aromatic heterocycles. The molecule has 0 N–H and O–H groups in total. The molecule has 0 amide bonds. The van der Waals surface area contributed by atoms with Crippen LogP contribution in [0.2, 0.25) is 0 Å². The van der Waals surface area contributed by atoms with Gasteiger partial charge >= 0.3 is 5.97 Å². The lowest BCUT2D eigenvalue weighted by atomic mass is 9.78. The first-order valence-electron chi connectivity index (χ1n) is 5.31. The molecule has 1 saturated heterocycles. The van der Waals surface area contributed by atoms with Crippen LogP contribution >= 0.6 is 0 Å². The fourth-order valence-electron chi connectivity index (χ4n) is 2.61. The Bertz CT molecular complexity index is 369. The van der Waals surface area contributed by atoms with Gasteiger partial charge in [-0.15, -0.1) is 0 Å². The largest absolute Gasteiger partial charge is 0.497 e. The van der Waals surface area contributed by atoms with E-state index in [4.69, 9.17) is 9.47 Å². The Morgan fingerprint density at radius 1 is 1.20 bits per heavy atom. The van der Waals surface area contributed by atoms with Crippen molar-refractivity contribution in [2.24, 2.45) is 11.8 Å². The zero-order chi connectivity index (χ0) is 10.4. The minimum Gasteiger partial charge on any atom is -0.497 e. The van der Waals surface area contributed by atoms with Crippen LogP contribution in [0.15, 0.2) is 11.3 Å². The molecule has 0 saturated carbocycles. The highest BCUT2D eigenvalue weighted by atomic mass is 16.5. The molecule has 0 unspecified atom stereocenters. The van der Waals surface area contributed by atoms with Gasteiger partial charge in [-0.25, -0.2) is 0 Å². The molecule has 4 nitrogen and oxygen atoms in total. The van der Waals surface area contributed by atoms with Gasteiger partial charge in [0.25, 0.3) is 0 Å². The Labute approximate surface area is 87.2 Å². The van der Waals surface area contributed by atoms with E-state index < -0.39 is 5.92 Å². The number of cyclic esters (lactones) is 1. The Morgan fingerprint density at radius 2 is 2.07 bits per heavy atom. The third kappa shape index (κ3) is 1.20. The normalized spacial score (nSPS) is 34.4. The molecule has 2 heterocycles. The zero-order valence-corrected chi connectivity index (χ0v) is 8.32. The molecule has 0 spiro atoms. The van der Waals surface area contributed by atoms with E-state index >= 15 is 0 Å². The summed E-state index contributed by atoms with van der Waals surface area (Å²) in [5, 5.41) is 0. The molecule has 1 fully saturated rings. The number of carbonyl (C=O) groups is 2. The van der Waals surface area contributed by atoms with Crippen molar-refractivity contribution in [1.29, 1.82) is 0 Å². The van der Waals surface area contributed by atoms with Crippen LogP contribution < -0.4 is 0 Å². The Kier molecular flexibility index (Phi) is 1.84. The van der Waals surface area contributed by atoms with Crippen molar-refractivity contribution in [3.63, 3.8) is 0 Å². The third-order valence-corrected chi connectivity index (χ3v) is 3.37. The highest BCUT2D eigenvalue weighted by molar-refractivity contribution is 5.94. The van der Waals surface area contributed by atoms with Gasteiger partial charge in [0.15, 0.2) is 0 Å². The first-order chi connectivity index (χ1) is 7.27. The molecule has 3 rings (SSSR count). The summed E-state index contributed by atoms with van der Waals surface area (Å²) in [5.41, 5.74) is 1.02. The van der Waals surface area contributed by atoms with Crippen LogP contribution in [0.4, 0.5) is 0 Å². The van der Waals surface area contributed by atoms with Crippen LogP contribution in [0.1, 0.15) is 19.3 Å². The number of esters is 1. The maximum absolute atomic E-state index is 11.8. The second-order valence-corrected chi connectivity index (χ2v) is 4.28. The number of hydrogen-bond donors (Lipinski definition) is 0. The van der Waals surface area contributed by atoms with Crippen LogP contribution in [0.25, 0.3) is 0 Å². The van der Waals surface area contributed by atoms with Gasteiger partial charge in [-0.2, -0.15) is 0 Å². The number of ketones is 1. The molecular weight excluding hydrogens is 196 g/mol. The van der Waals surface area contributed by atoms with E-state index in [1.807, 2.05) is 0 Å². The van der Waals surface area contributed by atoms with Crippen molar-refractivity contribution in [3.8, 4) is 0 Å². The SMILES string of the molecule is O=C1OC[C@@H]2C(=O)CC3=C(OCCC3)[C@H]12. The average molecular weight is 208 g/mol. The van der Waals surface area contributed by atoms with Crippen LogP contribution in [-0.2, 0) is 19.1 Å². The Morgan fingerprint density at radius 3 is 2.93 bits per heavy atom. The summed E-state index contributed by atoms with van der Waals surface area (Å²) in [7, 11) is 0. The maximum Gasteiger partial charge on any atom is 0.317 e. The van der Waals surface area contributed by atoms with Gasteiger partial charge in [0.1, 0.15) is 24.1 Å². The predicted molar refractivity (Wildman–Crippen MR) is 49.8 cm³/mol. The van der Waals surface area contributed by atoms with Gasteiger partial charge in [0.05, 0.1) is 12.5 Å². The van der Waals surface area contributed by atoms with Crippen molar-refractivity contribution < 1.29 is 19.1 Å². The summed E-state index contributed by atoms with van der Waals surface area (Å²) in [5.74, 6) is -0.123. The molecule has 80 valence electrons. The maximum atomic E-state index is 11.8. The van der Waals surface area contributed by atoms with Crippen LogP contribution in [0.5, 0.6) is 0 Å². The van der Waals surface area contributed by atoms with E-state index in [1.54, 1.807) is 0 Å². The van der Waals surface area contributed by atoms with Gasteiger partial charge in [0.2, 0.25) is 0 Å². The van der Waals surface area contributed by atoms with Crippen molar-refractivity contribution in [2.45, 2.75) is 19.3 Å². The molecule has 0 bridgehead atoms. The highest BCUT2D eigenvalue weighted by Gasteiger charge is 2.49. The summed E-state index contributed by atoms with van der Waals surface area (Å²) < 4.78 is 10.5. The molecule has 1 aliphatic carbocycles. The second kappa shape index (κ2) is 3.08. The number of carbonyl (C=O) groups excluding carboxylic acids is 2. The van der Waals surface area contributed by atoms with Crippen molar-refractivity contribution >= 4 is 11.8 Å². The van der Waals surface area contributed by atoms with Gasteiger partial charge in [-0.05, 0) is 18.4 Å². The quantitative estimate of drug-likeness (QED) is 0.553. The number of fused-ring (bicyclic) bond motifs is 2. The molecule has 0 aromatic carbocycles. The molecule has 0 radical (unpaired) electrons. The number of rotatable bonds is 0. The lowest BCUT2D eigenvalue weighted by Gasteiger charge is -2.30. The zero-order valence-electron chi connectivity index (χ0n) is 8.32. The minimum atomic E-state index is -0.429. The Balaban J connectivity index is 2.04. The fourth-order valence-corrected chi connectivity index (χ4v) is 2.61. The smallest absolute Gasteiger partial charge is 0.317 e. The van der Waals surface area contributed by atoms with Crippen molar-refractivity contribution in [1.82, 2.24) is 0 Å². The first-order valence-corrected chi connectivity index (χ1v) is 5.31. The first kappa shape index (κ1) is 8.95. The van der Waals surface area contributed by atoms with E-state index in [0.29, 0.717) is 13.0 Å². The lowest BCUT2D eigenvalue weighted by molar-refractivity contribution is -0.141. The van der Waals surface area contributed by atoms with Crippen molar-refractivity contribution in [3.05, 3.63) is 11.3 Å². The summed E-state index contributed by atoms with van der Waals surface area (Å²) >= 11 is 0. The molecular formula is C11H12O4. The number of ether oxygens (including phenoxy) is 2. The van der Waals surface area contributed by atoms with Gasteiger partial charge in [-0.1, -0.05) is 0 Å². The standard InChI is InChI=1S/C11H12O4/c12-8-4-6-2-1-3-14-10(6)9-7(8)5-15-11(9)13/h7,9H,1-5H2/t7-,9-/m1/s1. The van der Waals surface area contributed by atoms with E-state index in [9.17, 15) is 9.59 Å². The van der Waals surface area contributed by atoms with Crippen molar-refractivity contribution in [2.75, 3.05) is 13.2 Å². The topological polar surface area (TPSA) is 52.6 Å².